The van der Waals surface area contributed by atoms with Gasteiger partial charge in [0.1, 0.15) is 0 Å². The summed E-state index contributed by atoms with van der Waals surface area (Å²) >= 11 is 0. The molecule has 0 unspecified atom stereocenters. The Morgan fingerprint density at radius 1 is 1.04 bits per heavy atom. The van der Waals surface area contributed by atoms with Crippen molar-refractivity contribution in [2.75, 3.05) is 0 Å². The number of hydrogen-bond acceptors (Lipinski definition) is 1. The van der Waals surface area contributed by atoms with Gasteiger partial charge in [0.2, 0.25) is 0 Å². The fourth-order valence-electron chi connectivity index (χ4n) is 1.89. The highest BCUT2D eigenvalue weighted by Gasteiger charge is 2.29. The molecule has 0 bridgehead atoms. The molecule has 0 spiro atoms. The van der Waals surface area contributed by atoms with Gasteiger partial charge in [0.25, 0.3) is 0 Å². The molecule has 0 heterocycles. The zero-order valence-electron chi connectivity index (χ0n) is 13.7. The van der Waals surface area contributed by atoms with Gasteiger partial charge in [-0.15, -0.1) is 6.58 Å². The summed E-state index contributed by atoms with van der Waals surface area (Å²) in [5.74, 6) is 0. The van der Waals surface area contributed by atoms with Gasteiger partial charge in [-0.25, -0.2) is 0 Å². The number of halogens is 3. The molecule has 1 rings (SSSR count). The minimum Gasteiger partial charge on any atom is -0.386 e. The molecule has 0 fully saturated rings. The summed E-state index contributed by atoms with van der Waals surface area (Å²) in [4.78, 5) is 0. The molecule has 0 amide bonds. The Morgan fingerprint density at radius 2 is 1.61 bits per heavy atom. The molecule has 23 heavy (non-hydrogen) atoms. The third kappa shape index (κ3) is 6.87. The highest BCUT2D eigenvalue weighted by molar-refractivity contribution is 5.51. The van der Waals surface area contributed by atoms with Crippen LogP contribution in [0.15, 0.2) is 55.1 Å². The predicted molar refractivity (Wildman–Crippen MR) is 88.8 cm³/mol. The first-order valence-electron chi connectivity index (χ1n) is 7.35. The second kappa shape index (κ2) is 7.18. The highest BCUT2D eigenvalue weighted by Crippen LogP contribution is 2.30. The van der Waals surface area contributed by atoms with Crippen LogP contribution in [-0.4, -0.2) is 10.7 Å². The summed E-state index contributed by atoms with van der Waals surface area (Å²) < 4.78 is 37.6. The van der Waals surface area contributed by atoms with E-state index in [9.17, 15) is 18.3 Å². The van der Waals surface area contributed by atoms with Crippen LogP contribution in [0.2, 0.25) is 0 Å². The van der Waals surface area contributed by atoms with Gasteiger partial charge in [0, 0.05) is 5.41 Å². The largest absolute Gasteiger partial charge is 0.416 e. The van der Waals surface area contributed by atoms with Gasteiger partial charge in [-0.05, 0) is 38.0 Å². The number of hydrogen-bond donors (Lipinski definition) is 1. The van der Waals surface area contributed by atoms with Crippen LogP contribution in [0.3, 0.4) is 0 Å². The summed E-state index contributed by atoms with van der Waals surface area (Å²) in [5.41, 5.74) is -1.18. The summed E-state index contributed by atoms with van der Waals surface area (Å²) in [5, 5.41) is 9.66. The predicted octanol–water partition coefficient (Wildman–Crippen LogP) is 5.63. The standard InChI is InChI=1S/C19H23F3O/c1-5-18(4,13-6-12-17(2,3)23)14-11-15-7-9-16(10-8-15)19(20,21)22/h5-12,14,23H,1,13H2,2-4H3/b12-6+,14-11+/t18-/m1/s1. The van der Waals surface area contributed by atoms with E-state index in [1.807, 2.05) is 19.1 Å². The van der Waals surface area contributed by atoms with Crippen molar-refractivity contribution in [3.05, 3.63) is 66.3 Å². The van der Waals surface area contributed by atoms with Crippen molar-refractivity contribution in [1.82, 2.24) is 0 Å². The van der Waals surface area contributed by atoms with E-state index in [1.54, 1.807) is 32.1 Å². The SMILES string of the molecule is C=C[C@@](C)(/C=C/c1ccc(C(F)(F)F)cc1)C/C=C/C(C)(C)O. The summed E-state index contributed by atoms with van der Waals surface area (Å²) in [6, 6.07) is 5.02. The summed E-state index contributed by atoms with van der Waals surface area (Å²) in [7, 11) is 0. The molecule has 0 aliphatic heterocycles. The van der Waals surface area contributed by atoms with E-state index in [-0.39, 0.29) is 5.41 Å². The fourth-order valence-corrected chi connectivity index (χ4v) is 1.89. The lowest BCUT2D eigenvalue weighted by Gasteiger charge is -2.20. The second-order valence-electron chi connectivity index (χ2n) is 6.42. The Labute approximate surface area is 135 Å². The van der Waals surface area contributed by atoms with E-state index < -0.39 is 17.3 Å². The monoisotopic (exact) mass is 324 g/mol. The van der Waals surface area contributed by atoms with Crippen LogP contribution in [0.25, 0.3) is 6.08 Å². The molecule has 0 aliphatic carbocycles. The number of alkyl halides is 3. The third-order valence-corrected chi connectivity index (χ3v) is 3.44. The van der Waals surface area contributed by atoms with E-state index in [0.717, 1.165) is 12.1 Å². The van der Waals surface area contributed by atoms with Crippen LogP contribution in [0, 0.1) is 5.41 Å². The van der Waals surface area contributed by atoms with Gasteiger partial charge in [-0.2, -0.15) is 13.2 Å². The molecule has 1 N–H and O–H groups in total. The second-order valence-corrected chi connectivity index (χ2v) is 6.42. The number of aliphatic hydroxyl groups is 1. The number of rotatable bonds is 6. The fraction of sp³-hybridized carbons (Fsp3) is 0.368. The van der Waals surface area contributed by atoms with E-state index in [4.69, 9.17) is 0 Å². The lowest BCUT2D eigenvalue weighted by molar-refractivity contribution is -0.137. The first-order chi connectivity index (χ1) is 10.5. The first kappa shape index (κ1) is 19.2. The summed E-state index contributed by atoms with van der Waals surface area (Å²) in [6.07, 6.45) is 5.36. The van der Waals surface area contributed by atoms with E-state index in [1.165, 1.54) is 12.1 Å². The smallest absolute Gasteiger partial charge is 0.386 e. The third-order valence-electron chi connectivity index (χ3n) is 3.44. The van der Waals surface area contributed by atoms with Crippen molar-refractivity contribution in [3.63, 3.8) is 0 Å². The summed E-state index contributed by atoms with van der Waals surface area (Å²) in [6.45, 7) is 9.15. The van der Waals surface area contributed by atoms with E-state index in [2.05, 4.69) is 6.58 Å². The molecule has 1 nitrogen and oxygen atoms in total. The van der Waals surface area contributed by atoms with Crippen LogP contribution in [-0.2, 0) is 6.18 Å². The van der Waals surface area contributed by atoms with Gasteiger partial charge in [0.15, 0.2) is 0 Å². The Balaban J connectivity index is 2.83. The van der Waals surface area contributed by atoms with Gasteiger partial charge in [-0.1, -0.05) is 49.4 Å². The Hall–Kier alpha value is -1.81. The Kier molecular flexibility index (Phi) is 6.00. The quantitative estimate of drug-likeness (QED) is 0.673. The van der Waals surface area contributed by atoms with Crippen molar-refractivity contribution in [2.45, 2.75) is 39.0 Å². The maximum absolute atomic E-state index is 12.5. The molecular weight excluding hydrogens is 301 g/mol. The highest BCUT2D eigenvalue weighted by atomic mass is 19.4. The molecular formula is C19H23F3O. The molecule has 0 aliphatic rings. The van der Waals surface area contributed by atoms with Crippen LogP contribution in [0.1, 0.15) is 38.3 Å². The molecule has 4 heteroatoms. The minimum atomic E-state index is -4.32. The molecule has 0 saturated carbocycles. The van der Waals surface area contributed by atoms with Gasteiger partial charge in [0.05, 0.1) is 11.2 Å². The zero-order valence-corrected chi connectivity index (χ0v) is 13.7. The zero-order chi connectivity index (χ0) is 17.7. The van der Waals surface area contributed by atoms with Gasteiger partial charge in [-0.3, -0.25) is 0 Å². The number of allylic oxidation sites excluding steroid dienone is 3. The van der Waals surface area contributed by atoms with E-state index >= 15 is 0 Å². The van der Waals surface area contributed by atoms with Crippen LogP contribution >= 0.6 is 0 Å². The Morgan fingerprint density at radius 3 is 2.04 bits per heavy atom. The van der Waals surface area contributed by atoms with Crippen molar-refractivity contribution >= 4 is 6.08 Å². The van der Waals surface area contributed by atoms with Crippen LogP contribution < -0.4 is 0 Å². The lowest BCUT2D eigenvalue weighted by atomic mass is 9.85. The Bertz CT molecular complexity index is 574. The molecule has 0 radical (unpaired) electrons. The van der Waals surface area contributed by atoms with Crippen molar-refractivity contribution in [1.29, 1.82) is 0 Å². The van der Waals surface area contributed by atoms with E-state index in [0.29, 0.717) is 12.0 Å². The normalized spacial score (nSPS) is 16.0. The maximum Gasteiger partial charge on any atom is 0.416 e. The molecule has 1 aromatic rings. The molecule has 126 valence electrons. The van der Waals surface area contributed by atoms with Crippen LogP contribution in [0.5, 0.6) is 0 Å². The van der Waals surface area contributed by atoms with Gasteiger partial charge >= 0.3 is 6.18 Å². The van der Waals surface area contributed by atoms with Crippen molar-refractivity contribution < 1.29 is 18.3 Å². The molecule has 0 saturated heterocycles. The lowest BCUT2D eigenvalue weighted by Crippen LogP contribution is -2.14. The first-order valence-corrected chi connectivity index (χ1v) is 7.35. The van der Waals surface area contributed by atoms with Crippen LogP contribution in [0.4, 0.5) is 13.2 Å². The van der Waals surface area contributed by atoms with Crippen molar-refractivity contribution in [3.8, 4) is 0 Å². The van der Waals surface area contributed by atoms with Gasteiger partial charge < -0.3 is 5.11 Å². The maximum atomic E-state index is 12.5. The van der Waals surface area contributed by atoms with Crippen molar-refractivity contribution in [2.24, 2.45) is 5.41 Å². The minimum absolute atomic E-state index is 0.343. The molecule has 0 aromatic heterocycles. The molecule has 1 atom stereocenters. The average Bonchev–Trinajstić information content (AvgIpc) is 2.43. The average molecular weight is 324 g/mol. The topological polar surface area (TPSA) is 20.2 Å². The molecule has 1 aromatic carbocycles. The number of benzene rings is 1.